The van der Waals surface area contributed by atoms with Crippen molar-refractivity contribution < 1.29 is 9.90 Å². The van der Waals surface area contributed by atoms with E-state index in [1.165, 1.54) is 19.3 Å². The van der Waals surface area contributed by atoms with Gasteiger partial charge in [0, 0.05) is 0 Å². The first-order valence-corrected chi connectivity index (χ1v) is 6.23. The standard InChI is InChI=1S/C12H16N2O2/c15-12(16)11-8-4-7-6(3-5-1-2-5)9(7)10(8)13-14-11/h5-7,9-10,13-14H,1-4H2,(H,15,16)/t6-,7+,9-,10?/m1/s1. The number of rotatable bonds is 3. The maximum atomic E-state index is 11.0. The van der Waals surface area contributed by atoms with E-state index < -0.39 is 5.97 Å². The third-order valence-electron chi connectivity index (χ3n) is 4.80. The molecule has 0 spiro atoms. The average molecular weight is 220 g/mol. The van der Waals surface area contributed by atoms with Gasteiger partial charge in [-0.15, -0.1) is 0 Å². The monoisotopic (exact) mass is 220 g/mol. The maximum Gasteiger partial charge on any atom is 0.353 e. The van der Waals surface area contributed by atoms with E-state index >= 15 is 0 Å². The lowest BCUT2D eigenvalue weighted by Crippen LogP contribution is -2.35. The quantitative estimate of drug-likeness (QED) is 0.660. The summed E-state index contributed by atoms with van der Waals surface area (Å²) >= 11 is 0. The van der Waals surface area contributed by atoms with Gasteiger partial charge in [-0.1, -0.05) is 12.8 Å². The highest BCUT2D eigenvalue weighted by atomic mass is 16.4. The average Bonchev–Trinajstić information content (AvgIpc) is 3.07. The third-order valence-corrected chi connectivity index (χ3v) is 4.80. The normalized spacial score (nSPS) is 44.0. The molecule has 16 heavy (non-hydrogen) atoms. The van der Waals surface area contributed by atoms with Crippen molar-refractivity contribution in [3.63, 3.8) is 0 Å². The minimum Gasteiger partial charge on any atom is -0.477 e. The van der Waals surface area contributed by atoms with Crippen LogP contribution in [-0.4, -0.2) is 17.1 Å². The second-order valence-electron chi connectivity index (χ2n) is 5.74. The first-order valence-electron chi connectivity index (χ1n) is 6.23. The van der Waals surface area contributed by atoms with Crippen molar-refractivity contribution in [2.24, 2.45) is 23.7 Å². The summed E-state index contributed by atoms with van der Waals surface area (Å²) in [4.78, 5) is 11.0. The molecule has 1 unspecified atom stereocenters. The molecule has 3 aliphatic carbocycles. The predicted octanol–water partition coefficient (Wildman–Crippen LogP) is 0.867. The summed E-state index contributed by atoms with van der Waals surface area (Å²) in [7, 11) is 0. The third kappa shape index (κ3) is 1.11. The summed E-state index contributed by atoms with van der Waals surface area (Å²) in [5.74, 6) is 2.56. The smallest absolute Gasteiger partial charge is 0.353 e. The van der Waals surface area contributed by atoms with Gasteiger partial charge in [-0.2, -0.15) is 0 Å². The van der Waals surface area contributed by atoms with Gasteiger partial charge in [0.2, 0.25) is 0 Å². The molecule has 3 saturated carbocycles. The van der Waals surface area contributed by atoms with Crippen molar-refractivity contribution in [2.75, 3.05) is 0 Å². The molecule has 4 aliphatic rings. The molecule has 0 bridgehead atoms. The number of fused-ring (bicyclic) bond motifs is 3. The number of hydrogen-bond donors (Lipinski definition) is 3. The Morgan fingerprint density at radius 3 is 2.94 bits per heavy atom. The Kier molecular flexibility index (Phi) is 1.58. The lowest BCUT2D eigenvalue weighted by molar-refractivity contribution is -0.133. The van der Waals surface area contributed by atoms with Crippen LogP contribution in [0.3, 0.4) is 0 Å². The highest BCUT2D eigenvalue weighted by molar-refractivity contribution is 5.88. The van der Waals surface area contributed by atoms with E-state index in [9.17, 15) is 4.79 Å². The molecular weight excluding hydrogens is 204 g/mol. The van der Waals surface area contributed by atoms with E-state index in [0.29, 0.717) is 11.7 Å². The Bertz CT molecular complexity index is 400. The van der Waals surface area contributed by atoms with E-state index in [4.69, 9.17) is 5.11 Å². The molecule has 0 radical (unpaired) electrons. The summed E-state index contributed by atoms with van der Waals surface area (Å²) in [6.45, 7) is 0. The van der Waals surface area contributed by atoms with Crippen LogP contribution in [0, 0.1) is 23.7 Å². The highest BCUT2D eigenvalue weighted by Crippen LogP contribution is 2.64. The van der Waals surface area contributed by atoms with Crippen LogP contribution in [0.4, 0.5) is 0 Å². The molecule has 0 aromatic heterocycles. The van der Waals surface area contributed by atoms with Crippen molar-refractivity contribution >= 4 is 5.97 Å². The Morgan fingerprint density at radius 2 is 2.25 bits per heavy atom. The molecule has 0 saturated heterocycles. The van der Waals surface area contributed by atoms with Gasteiger partial charge in [0.15, 0.2) is 0 Å². The van der Waals surface area contributed by atoms with Gasteiger partial charge < -0.3 is 10.5 Å². The van der Waals surface area contributed by atoms with Crippen LogP contribution in [0.2, 0.25) is 0 Å². The molecule has 4 rings (SSSR count). The number of hydrazine groups is 1. The first-order chi connectivity index (χ1) is 7.75. The van der Waals surface area contributed by atoms with E-state index in [-0.39, 0.29) is 0 Å². The van der Waals surface area contributed by atoms with Crippen molar-refractivity contribution in [2.45, 2.75) is 31.7 Å². The molecule has 0 aromatic rings. The Hall–Kier alpha value is -1.03. The largest absolute Gasteiger partial charge is 0.477 e. The minimum atomic E-state index is -0.815. The first kappa shape index (κ1) is 9.05. The van der Waals surface area contributed by atoms with Crippen LogP contribution in [0.1, 0.15) is 25.7 Å². The second kappa shape index (κ2) is 2.80. The second-order valence-corrected chi connectivity index (χ2v) is 5.74. The minimum absolute atomic E-state index is 0.319. The van der Waals surface area contributed by atoms with E-state index in [2.05, 4.69) is 10.9 Å². The molecule has 4 atom stereocenters. The van der Waals surface area contributed by atoms with Crippen molar-refractivity contribution in [3.8, 4) is 0 Å². The zero-order valence-corrected chi connectivity index (χ0v) is 9.07. The summed E-state index contributed by atoms with van der Waals surface area (Å²) in [5.41, 5.74) is 7.53. The molecular formula is C12H16N2O2. The highest BCUT2D eigenvalue weighted by Gasteiger charge is 2.62. The molecule has 1 heterocycles. The zero-order chi connectivity index (χ0) is 10.9. The van der Waals surface area contributed by atoms with Crippen molar-refractivity contribution in [3.05, 3.63) is 11.3 Å². The van der Waals surface area contributed by atoms with Gasteiger partial charge in [0.1, 0.15) is 5.70 Å². The Balaban J connectivity index is 1.52. The van der Waals surface area contributed by atoms with Gasteiger partial charge in [-0.05, 0) is 42.1 Å². The van der Waals surface area contributed by atoms with Crippen molar-refractivity contribution in [1.29, 1.82) is 0 Å². The van der Waals surface area contributed by atoms with E-state index in [1.54, 1.807) is 0 Å². The van der Waals surface area contributed by atoms with E-state index in [0.717, 1.165) is 35.7 Å². The van der Waals surface area contributed by atoms with E-state index in [1.807, 2.05) is 0 Å². The summed E-state index contributed by atoms with van der Waals surface area (Å²) < 4.78 is 0. The number of hydrogen-bond acceptors (Lipinski definition) is 3. The van der Waals surface area contributed by atoms with Crippen LogP contribution in [0.15, 0.2) is 11.3 Å². The predicted molar refractivity (Wildman–Crippen MR) is 57.1 cm³/mol. The fourth-order valence-electron chi connectivity index (χ4n) is 3.80. The topological polar surface area (TPSA) is 61.4 Å². The molecule has 3 fully saturated rings. The van der Waals surface area contributed by atoms with Crippen LogP contribution in [-0.2, 0) is 4.79 Å². The molecule has 0 amide bonds. The molecule has 4 heteroatoms. The number of carbonyl (C=O) groups is 1. The summed E-state index contributed by atoms with van der Waals surface area (Å²) in [6, 6.07) is 0.319. The van der Waals surface area contributed by atoms with Gasteiger partial charge in [-0.25, -0.2) is 10.2 Å². The SMILES string of the molecule is O=C(O)C1=C2C[C@H]3[C@@H](CC4CC4)[C@H]3C2NN1. The van der Waals surface area contributed by atoms with Crippen LogP contribution in [0.25, 0.3) is 0 Å². The van der Waals surface area contributed by atoms with Crippen LogP contribution in [0.5, 0.6) is 0 Å². The van der Waals surface area contributed by atoms with Crippen LogP contribution < -0.4 is 10.9 Å². The van der Waals surface area contributed by atoms with Gasteiger partial charge >= 0.3 is 5.97 Å². The van der Waals surface area contributed by atoms with Crippen molar-refractivity contribution in [1.82, 2.24) is 10.9 Å². The fraction of sp³-hybridized carbons (Fsp3) is 0.750. The number of carboxylic acids is 1. The Labute approximate surface area is 94.1 Å². The number of carboxylic acid groups (broad SMARTS) is 1. The summed E-state index contributed by atoms with van der Waals surface area (Å²) in [6.07, 6.45) is 5.25. The number of aliphatic carboxylic acids is 1. The maximum absolute atomic E-state index is 11.0. The number of nitrogens with one attached hydrogen (secondary N) is 2. The molecule has 3 N–H and O–H groups in total. The molecule has 1 aliphatic heterocycles. The van der Waals surface area contributed by atoms with Gasteiger partial charge in [0.25, 0.3) is 0 Å². The molecule has 0 aromatic carbocycles. The Morgan fingerprint density at radius 1 is 1.44 bits per heavy atom. The summed E-state index contributed by atoms with van der Waals surface area (Å²) in [5, 5.41) is 9.02. The fourth-order valence-corrected chi connectivity index (χ4v) is 3.80. The van der Waals surface area contributed by atoms with Gasteiger partial charge in [-0.3, -0.25) is 0 Å². The van der Waals surface area contributed by atoms with Crippen LogP contribution >= 0.6 is 0 Å². The zero-order valence-electron chi connectivity index (χ0n) is 9.07. The molecule has 4 nitrogen and oxygen atoms in total. The molecule has 86 valence electrons. The van der Waals surface area contributed by atoms with Gasteiger partial charge in [0.05, 0.1) is 6.04 Å². The lowest BCUT2D eigenvalue weighted by Gasteiger charge is -2.10. The lowest BCUT2D eigenvalue weighted by atomic mass is 9.98.